The Balaban J connectivity index is 1.25. The van der Waals surface area contributed by atoms with E-state index in [0.717, 1.165) is 25.4 Å². The molecule has 1 unspecified atom stereocenters. The molecule has 0 radical (unpaired) electrons. The Morgan fingerprint density at radius 1 is 1.03 bits per heavy atom. The molecule has 5 nitrogen and oxygen atoms in total. The lowest BCUT2D eigenvalue weighted by molar-refractivity contribution is 0.0555. The van der Waals surface area contributed by atoms with E-state index in [1.807, 2.05) is 24.5 Å². The second-order valence-electron chi connectivity index (χ2n) is 9.63. The van der Waals surface area contributed by atoms with Crippen molar-refractivity contribution in [2.75, 3.05) is 33.3 Å². The van der Waals surface area contributed by atoms with E-state index in [1.165, 1.54) is 56.1 Å². The highest BCUT2D eigenvalue weighted by Crippen LogP contribution is 2.29. The molecule has 5 heteroatoms. The minimum Gasteiger partial charge on any atom is -0.491 e. The molecule has 1 atom stereocenters. The van der Waals surface area contributed by atoms with Crippen LogP contribution in [0.15, 0.2) is 48.8 Å². The molecular weight excluding hydrogens is 398 g/mol. The highest BCUT2D eigenvalue weighted by Gasteiger charge is 2.22. The van der Waals surface area contributed by atoms with Crippen molar-refractivity contribution in [1.29, 1.82) is 0 Å². The average molecular weight is 438 g/mol. The van der Waals surface area contributed by atoms with Crippen molar-refractivity contribution >= 4 is 0 Å². The van der Waals surface area contributed by atoms with Crippen molar-refractivity contribution in [3.8, 4) is 5.75 Å². The van der Waals surface area contributed by atoms with E-state index in [1.54, 1.807) is 0 Å². The van der Waals surface area contributed by atoms with Gasteiger partial charge in [0.2, 0.25) is 0 Å². The quantitative estimate of drug-likeness (QED) is 0.627. The van der Waals surface area contributed by atoms with Crippen molar-refractivity contribution in [3.63, 3.8) is 0 Å². The largest absolute Gasteiger partial charge is 0.491 e. The zero-order valence-corrected chi connectivity index (χ0v) is 19.5. The molecule has 1 aromatic heterocycles. The third kappa shape index (κ3) is 6.53. The van der Waals surface area contributed by atoms with Crippen molar-refractivity contribution in [3.05, 3.63) is 59.9 Å². The fourth-order valence-electron chi connectivity index (χ4n) is 5.32. The van der Waals surface area contributed by atoms with Gasteiger partial charge in [-0.1, -0.05) is 37.5 Å². The summed E-state index contributed by atoms with van der Waals surface area (Å²) < 4.78 is 6.11. The first kappa shape index (κ1) is 23.2. The fourth-order valence-corrected chi connectivity index (χ4v) is 5.32. The van der Waals surface area contributed by atoms with Gasteiger partial charge in [-0.05, 0) is 75.5 Å². The molecule has 2 heterocycles. The number of para-hydroxylation sites is 1. The maximum atomic E-state index is 10.6. The first-order valence-electron chi connectivity index (χ1n) is 12.4. The molecular formula is C27H39N3O2. The lowest BCUT2D eigenvalue weighted by Gasteiger charge is -2.33. The topological polar surface area (TPSA) is 48.8 Å². The number of rotatable bonds is 9. The zero-order chi connectivity index (χ0) is 22.2. The SMILES string of the molecule is CN(CC(O)COc1ccccc1CN1CCC(c2ccncc2)CC1)C1CCCCC1. The number of piperidine rings is 1. The van der Waals surface area contributed by atoms with Crippen LogP contribution in [0.25, 0.3) is 0 Å². The summed E-state index contributed by atoms with van der Waals surface area (Å²) in [5.41, 5.74) is 2.62. The van der Waals surface area contributed by atoms with Gasteiger partial charge in [0.15, 0.2) is 0 Å². The monoisotopic (exact) mass is 437 g/mol. The maximum absolute atomic E-state index is 10.6. The molecule has 4 rings (SSSR count). The molecule has 1 aromatic carbocycles. The normalized spacial score (nSPS) is 19.8. The number of aromatic nitrogens is 1. The number of nitrogens with zero attached hydrogens (tertiary/aromatic N) is 3. The number of benzene rings is 1. The van der Waals surface area contributed by atoms with Gasteiger partial charge in [0.25, 0.3) is 0 Å². The molecule has 2 fully saturated rings. The van der Waals surface area contributed by atoms with E-state index in [0.29, 0.717) is 25.1 Å². The lowest BCUT2D eigenvalue weighted by atomic mass is 9.90. The Labute approximate surface area is 193 Å². The van der Waals surface area contributed by atoms with Crippen LogP contribution in [0.3, 0.4) is 0 Å². The Kier molecular flexibility index (Phi) is 8.55. The summed E-state index contributed by atoms with van der Waals surface area (Å²) in [6.45, 7) is 4.11. The third-order valence-electron chi connectivity index (χ3n) is 7.26. The summed E-state index contributed by atoms with van der Waals surface area (Å²) in [4.78, 5) is 8.99. The van der Waals surface area contributed by atoms with E-state index in [4.69, 9.17) is 4.74 Å². The minimum absolute atomic E-state index is 0.345. The van der Waals surface area contributed by atoms with Crippen LogP contribution >= 0.6 is 0 Å². The maximum Gasteiger partial charge on any atom is 0.123 e. The molecule has 1 aliphatic carbocycles. The molecule has 0 spiro atoms. The fraction of sp³-hybridized carbons (Fsp3) is 0.593. The molecule has 1 saturated heterocycles. The van der Waals surface area contributed by atoms with E-state index >= 15 is 0 Å². The minimum atomic E-state index is -0.467. The van der Waals surface area contributed by atoms with E-state index in [2.05, 4.69) is 46.1 Å². The second-order valence-corrected chi connectivity index (χ2v) is 9.63. The van der Waals surface area contributed by atoms with Gasteiger partial charge in [0.05, 0.1) is 0 Å². The van der Waals surface area contributed by atoms with Crippen molar-refractivity contribution in [2.24, 2.45) is 0 Å². The summed E-state index contributed by atoms with van der Waals surface area (Å²) in [5.74, 6) is 1.54. The third-order valence-corrected chi connectivity index (χ3v) is 7.26. The Bertz CT molecular complexity index is 802. The molecule has 2 aromatic rings. The predicted molar refractivity (Wildman–Crippen MR) is 129 cm³/mol. The number of hydrogen-bond acceptors (Lipinski definition) is 5. The molecule has 1 saturated carbocycles. The highest BCUT2D eigenvalue weighted by atomic mass is 16.5. The summed E-state index contributed by atoms with van der Waals surface area (Å²) in [6.07, 6.45) is 12.2. The molecule has 0 bridgehead atoms. The van der Waals surface area contributed by atoms with Gasteiger partial charge in [-0.3, -0.25) is 9.88 Å². The number of hydrogen-bond donors (Lipinski definition) is 1. The van der Waals surface area contributed by atoms with Crippen LogP contribution in [-0.4, -0.2) is 65.3 Å². The number of ether oxygens (including phenoxy) is 1. The standard InChI is InChI=1S/C27H39N3O2/c1-29(25-8-3-2-4-9-25)20-26(31)21-32-27-10-6-5-7-24(27)19-30-17-13-23(14-18-30)22-11-15-28-16-12-22/h5-7,10-12,15-16,23,25-26,31H,2-4,8-9,13-14,17-21H2,1H3. The Morgan fingerprint density at radius 2 is 1.75 bits per heavy atom. The summed E-state index contributed by atoms with van der Waals surface area (Å²) in [5, 5.41) is 10.6. The van der Waals surface area contributed by atoms with Crippen LogP contribution in [0, 0.1) is 0 Å². The van der Waals surface area contributed by atoms with Gasteiger partial charge in [0, 0.05) is 37.1 Å². The first-order chi connectivity index (χ1) is 15.7. The van der Waals surface area contributed by atoms with Gasteiger partial charge in [-0.15, -0.1) is 0 Å². The number of pyridine rings is 1. The van der Waals surface area contributed by atoms with Crippen molar-refractivity contribution in [1.82, 2.24) is 14.8 Å². The molecule has 1 N–H and O–H groups in total. The number of likely N-dealkylation sites (tertiary alicyclic amines) is 1. The summed E-state index contributed by atoms with van der Waals surface area (Å²) in [7, 11) is 2.14. The molecule has 1 aliphatic heterocycles. The Hall–Kier alpha value is -1.95. The smallest absolute Gasteiger partial charge is 0.123 e. The van der Waals surface area contributed by atoms with Gasteiger partial charge >= 0.3 is 0 Å². The predicted octanol–water partition coefficient (Wildman–Crippen LogP) is 4.47. The molecule has 32 heavy (non-hydrogen) atoms. The van der Waals surface area contributed by atoms with Gasteiger partial charge in [-0.25, -0.2) is 0 Å². The van der Waals surface area contributed by atoms with Crippen LogP contribution in [0.1, 0.15) is 62.0 Å². The van der Waals surface area contributed by atoms with Crippen molar-refractivity contribution in [2.45, 2.75) is 69.6 Å². The number of aliphatic hydroxyl groups excluding tert-OH is 1. The number of aliphatic hydroxyl groups is 1. The van der Waals surface area contributed by atoms with Gasteiger partial charge in [-0.2, -0.15) is 0 Å². The first-order valence-corrected chi connectivity index (χ1v) is 12.4. The van der Waals surface area contributed by atoms with Gasteiger partial charge in [0.1, 0.15) is 18.5 Å². The summed E-state index contributed by atoms with van der Waals surface area (Å²) >= 11 is 0. The van der Waals surface area contributed by atoms with E-state index in [-0.39, 0.29) is 0 Å². The second kappa shape index (κ2) is 11.8. The zero-order valence-electron chi connectivity index (χ0n) is 19.5. The van der Waals surface area contributed by atoms with Crippen LogP contribution in [-0.2, 0) is 6.54 Å². The Morgan fingerprint density at radius 3 is 2.50 bits per heavy atom. The highest BCUT2D eigenvalue weighted by molar-refractivity contribution is 5.33. The lowest BCUT2D eigenvalue weighted by Crippen LogP contribution is -2.40. The molecule has 0 amide bonds. The average Bonchev–Trinajstić information content (AvgIpc) is 2.85. The number of likely N-dealkylation sites (N-methyl/N-ethyl adjacent to an activating group) is 1. The van der Waals surface area contributed by atoms with Crippen molar-refractivity contribution < 1.29 is 9.84 Å². The van der Waals surface area contributed by atoms with Crippen LogP contribution in [0.2, 0.25) is 0 Å². The molecule has 2 aliphatic rings. The van der Waals surface area contributed by atoms with E-state index < -0.39 is 6.10 Å². The summed E-state index contributed by atoms with van der Waals surface area (Å²) in [6, 6.07) is 13.2. The molecule has 174 valence electrons. The van der Waals surface area contributed by atoms with Crippen LogP contribution in [0.5, 0.6) is 5.75 Å². The van der Waals surface area contributed by atoms with Crippen LogP contribution < -0.4 is 4.74 Å². The van der Waals surface area contributed by atoms with Gasteiger partial charge < -0.3 is 14.7 Å². The van der Waals surface area contributed by atoms with Crippen LogP contribution in [0.4, 0.5) is 0 Å². The van der Waals surface area contributed by atoms with E-state index in [9.17, 15) is 5.11 Å².